The van der Waals surface area contributed by atoms with E-state index in [9.17, 15) is 0 Å². The van der Waals surface area contributed by atoms with Gasteiger partial charge >= 0.3 is 0 Å². The Morgan fingerprint density at radius 2 is 2.10 bits per heavy atom. The quantitative estimate of drug-likeness (QED) is 0.859. The summed E-state index contributed by atoms with van der Waals surface area (Å²) in [5.41, 5.74) is 1.22. The van der Waals surface area contributed by atoms with E-state index in [1.165, 1.54) is 37.7 Å². The number of nitriles is 1. The summed E-state index contributed by atoms with van der Waals surface area (Å²) < 4.78 is 5.33. The first-order chi connectivity index (χ1) is 9.81. The number of rotatable bonds is 6. The van der Waals surface area contributed by atoms with Crippen LogP contribution in [0, 0.1) is 17.2 Å². The van der Waals surface area contributed by atoms with Crippen LogP contribution < -0.4 is 10.1 Å². The topological polar surface area (TPSA) is 45.0 Å². The van der Waals surface area contributed by atoms with Gasteiger partial charge < -0.3 is 10.1 Å². The third-order valence-electron chi connectivity index (χ3n) is 4.22. The number of nitrogens with one attached hydrogen (secondary N) is 1. The molecule has 1 aliphatic carbocycles. The van der Waals surface area contributed by atoms with E-state index in [1.807, 2.05) is 24.3 Å². The highest BCUT2D eigenvalue weighted by Gasteiger charge is 2.19. The molecule has 3 heteroatoms. The van der Waals surface area contributed by atoms with Gasteiger partial charge in [-0.15, -0.1) is 0 Å². The maximum absolute atomic E-state index is 8.52. The molecule has 1 aromatic rings. The SMILES string of the molecule is CCC1CCC(NCc2cccc(OCC#N)c2)CC1. The number of benzene rings is 1. The molecule has 1 aromatic carbocycles. The molecular formula is C17H24N2O. The highest BCUT2D eigenvalue weighted by molar-refractivity contribution is 5.28. The van der Waals surface area contributed by atoms with Crippen LogP contribution in [0.1, 0.15) is 44.6 Å². The molecule has 0 aromatic heterocycles. The van der Waals surface area contributed by atoms with Crippen molar-refractivity contribution >= 4 is 0 Å². The standard InChI is InChI=1S/C17H24N2O/c1-2-14-6-8-16(9-7-14)19-13-15-4-3-5-17(12-15)20-11-10-18/h3-5,12,14,16,19H,2,6-9,11,13H2,1H3. The van der Waals surface area contributed by atoms with Crippen LogP contribution in [0.3, 0.4) is 0 Å². The molecule has 108 valence electrons. The first kappa shape index (κ1) is 14.9. The molecule has 2 rings (SSSR count). The molecule has 0 unspecified atom stereocenters. The summed E-state index contributed by atoms with van der Waals surface area (Å²) in [6.07, 6.45) is 6.64. The first-order valence-corrected chi connectivity index (χ1v) is 7.64. The zero-order chi connectivity index (χ0) is 14.2. The van der Waals surface area contributed by atoms with Crippen molar-refractivity contribution < 1.29 is 4.74 Å². The molecule has 1 fully saturated rings. The summed E-state index contributed by atoms with van der Waals surface area (Å²) in [6.45, 7) is 3.29. The Morgan fingerprint density at radius 3 is 2.80 bits per heavy atom. The summed E-state index contributed by atoms with van der Waals surface area (Å²) in [4.78, 5) is 0. The Balaban J connectivity index is 1.78. The largest absolute Gasteiger partial charge is 0.479 e. The van der Waals surface area contributed by atoms with Crippen LogP contribution >= 0.6 is 0 Å². The molecule has 0 atom stereocenters. The molecule has 0 spiro atoms. The Hall–Kier alpha value is -1.53. The van der Waals surface area contributed by atoms with Crippen LogP contribution in [-0.4, -0.2) is 12.6 Å². The van der Waals surface area contributed by atoms with Crippen LogP contribution in [-0.2, 0) is 6.54 Å². The molecule has 1 saturated carbocycles. The fourth-order valence-electron chi connectivity index (χ4n) is 2.90. The van der Waals surface area contributed by atoms with Crippen molar-refractivity contribution in [3.8, 4) is 11.8 Å². The van der Waals surface area contributed by atoms with E-state index in [2.05, 4.69) is 18.3 Å². The van der Waals surface area contributed by atoms with Crippen LogP contribution in [0.25, 0.3) is 0 Å². The van der Waals surface area contributed by atoms with E-state index < -0.39 is 0 Å². The summed E-state index contributed by atoms with van der Waals surface area (Å²) >= 11 is 0. The molecule has 0 radical (unpaired) electrons. The second kappa shape index (κ2) is 7.91. The molecule has 3 nitrogen and oxygen atoms in total. The van der Waals surface area contributed by atoms with Gasteiger partial charge in [0.1, 0.15) is 11.8 Å². The summed E-state index contributed by atoms with van der Waals surface area (Å²) in [7, 11) is 0. The van der Waals surface area contributed by atoms with Gasteiger partial charge in [0.25, 0.3) is 0 Å². The lowest BCUT2D eigenvalue weighted by Gasteiger charge is -2.28. The van der Waals surface area contributed by atoms with Crippen molar-refractivity contribution in [2.45, 2.75) is 51.6 Å². The zero-order valence-corrected chi connectivity index (χ0v) is 12.3. The molecule has 0 aliphatic heterocycles. The molecule has 1 N–H and O–H groups in total. The van der Waals surface area contributed by atoms with Crippen molar-refractivity contribution in [3.05, 3.63) is 29.8 Å². The second-order valence-corrected chi connectivity index (χ2v) is 5.60. The van der Waals surface area contributed by atoms with Gasteiger partial charge in [0.15, 0.2) is 6.61 Å². The van der Waals surface area contributed by atoms with Crippen molar-refractivity contribution in [1.29, 1.82) is 5.26 Å². The normalized spacial score (nSPS) is 22.2. The van der Waals surface area contributed by atoms with E-state index in [1.54, 1.807) is 0 Å². The lowest BCUT2D eigenvalue weighted by Crippen LogP contribution is -2.32. The minimum absolute atomic E-state index is 0.109. The zero-order valence-electron chi connectivity index (χ0n) is 12.3. The van der Waals surface area contributed by atoms with E-state index in [0.29, 0.717) is 6.04 Å². The lowest BCUT2D eigenvalue weighted by molar-refractivity contribution is 0.285. The third kappa shape index (κ3) is 4.54. The molecule has 0 saturated heterocycles. The second-order valence-electron chi connectivity index (χ2n) is 5.60. The van der Waals surface area contributed by atoms with E-state index in [0.717, 1.165) is 18.2 Å². The van der Waals surface area contributed by atoms with Gasteiger partial charge in [-0.2, -0.15) is 5.26 Å². The van der Waals surface area contributed by atoms with Crippen molar-refractivity contribution in [2.24, 2.45) is 5.92 Å². The van der Waals surface area contributed by atoms with Crippen LogP contribution in [0.15, 0.2) is 24.3 Å². The Bertz CT molecular complexity index is 445. The number of ether oxygens (including phenoxy) is 1. The minimum Gasteiger partial charge on any atom is -0.479 e. The fourth-order valence-corrected chi connectivity index (χ4v) is 2.90. The number of hydrogen-bond acceptors (Lipinski definition) is 3. The van der Waals surface area contributed by atoms with Crippen molar-refractivity contribution in [2.75, 3.05) is 6.61 Å². The van der Waals surface area contributed by atoms with E-state index >= 15 is 0 Å². The van der Waals surface area contributed by atoms with Gasteiger partial charge in [0, 0.05) is 12.6 Å². The summed E-state index contributed by atoms with van der Waals surface area (Å²) in [6, 6.07) is 10.6. The molecule has 0 bridgehead atoms. The average Bonchev–Trinajstić information content (AvgIpc) is 2.52. The maximum Gasteiger partial charge on any atom is 0.174 e. The van der Waals surface area contributed by atoms with Gasteiger partial charge in [0.2, 0.25) is 0 Å². The smallest absolute Gasteiger partial charge is 0.174 e. The average molecular weight is 272 g/mol. The Labute approximate surface area is 121 Å². The Kier molecular flexibility index (Phi) is 5.88. The van der Waals surface area contributed by atoms with Crippen LogP contribution in [0.2, 0.25) is 0 Å². The number of nitrogens with zero attached hydrogens (tertiary/aromatic N) is 1. The van der Waals surface area contributed by atoms with E-state index in [-0.39, 0.29) is 6.61 Å². The third-order valence-corrected chi connectivity index (χ3v) is 4.22. The van der Waals surface area contributed by atoms with Crippen molar-refractivity contribution in [3.63, 3.8) is 0 Å². The van der Waals surface area contributed by atoms with Gasteiger partial charge in [-0.05, 0) is 49.3 Å². The van der Waals surface area contributed by atoms with Crippen molar-refractivity contribution in [1.82, 2.24) is 5.32 Å². The van der Waals surface area contributed by atoms with Gasteiger partial charge in [-0.3, -0.25) is 0 Å². The molecular weight excluding hydrogens is 248 g/mol. The predicted octanol–water partition coefficient (Wildman–Crippen LogP) is 3.65. The predicted molar refractivity (Wildman–Crippen MR) is 80.4 cm³/mol. The maximum atomic E-state index is 8.52. The molecule has 1 aliphatic rings. The Morgan fingerprint density at radius 1 is 1.30 bits per heavy atom. The van der Waals surface area contributed by atoms with Gasteiger partial charge in [-0.25, -0.2) is 0 Å². The molecule has 0 heterocycles. The highest BCUT2D eigenvalue weighted by atomic mass is 16.5. The summed E-state index contributed by atoms with van der Waals surface area (Å²) in [5, 5.41) is 12.2. The molecule has 0 amide bonds. The monoisotopic (exact) mass is 272 g/mol. The minimum atomic E-state index is 0.109. The fraction of sp³-hybridized carbons (Fsp3) is 0.588. The lowest BCUT2D eigenvalue weighted by atomic mass is 9.84. The number of hydrogen-bond donors (Lipinski definition) is 1. The molecule has 20 heavy (non-hydrogen) atoms. The van der Waals surface area contributed by atoms with Crippen LogP contribution in [0.5, 0.6) is 5.75 Å². The van der Waals surface area contributed by atoms with E-state index in [4.69, 9.17) is 10.00 Å². The highest BCUT2D eigenvalue weighted by Crippen LogP contribution is 2.26. The van der Waals surface area contributed by atoms with Gasteiger partial charge in [0.05, 0.1) is 0 Å². The van der Waals surface area contributed by atoms with Crippen LogP contribution in [0.4, 0.5) is 0 Å². The summed E-state index contributed by atoms with van der Waals surface area (Å²) in [5.74, 6) is 1.72. The first-order valence-electron chi connectivity index (χ1n) is 7.64. The van der Waals surface area contributed by atoms with Gasteiger partial charge in [-0.1, -0.05) is 25.5 Å².